The third-order valence-corrected chi connectivity index (χ3v) is 6.12. The average Bonchev–Trinajstić information content (AvgIpc) is 3.25. The molecule has 0 saturated heterocycles. The standard InChI is InChI=1S/C23H32N6O6S/c1-36-9-8-17(23(34)35)28-22(33)18(10-13-12-26-15-5-3-2-4-14(13)15)29-21(32)16(6-7-19(25)30)27-20(31)11-24/h2-5,12,16-18,26H,6-11,24H2,1H3,(H2,25,30)(H,27,31)(H,28,33)(H,29,32)(H,34,35). The van der Waals surface area contributed by atoms with Crippen molar-refractivity contribution in [2.75, 3.05) is 18.6 Å². The van der Waals surface area contributed by atoms with Gasteiger partial charge in [0, 0.05) is 29.9 Å². The Bertz CT molecular complexity index is 1090. The summed E-state index contributed by atoms with van der Waals surface area (Å²) in [7, 11) is 0. The van der Waals surface area contributed by atoms with Gasteiger partial charge in [0.1, 0.15) is 18.1 Å². The molecule has 1 aromatic heterocycles. The molecule has 2 rings (SSSR count). The van der Waals surface area contributed by atoms with Crippen LogP contribution in [0.3, 0.4) is 0 Å². The van der Waals surface area contributed by atoms with Crippen molar-refractivity contribution in [1.82, 2.24) is 20.9 Å². The van der Waals surface area contributed by atoms with Crippen LogP contribution in [0, 0.1) is 0 Å². The number of nitrogens with one attached hydrogen (secondary N) is 4. The molecule has 3 unspecified atom stereocenters. The minimum atomic E-state index is -1.19. The summed E-state index contributed by atoms with van der Waals surface area (Å²) in [6.45, 7) is -0.380. The van der Waals surface area contributed by atoms with Crippen molar-refractivity contribution in [2.45, 2.75) is 43.8 Å². The maximum absolute atomic E-state index is 13.2. The second kappa shape index (κ2) is 14.1. The smallest absolute Gasteiger partial charge is 0.326 e. The van der Waals surface area contributed by atoms with Crippen molar-refractivity contribution >= 4 is 52.3 Å². The summed E-state index contributed by atoms with van der Waals surface area (Å²) >= 11 is 1.44. The lowest BCUT2D eigenvalue weighted by atomic mass is 10.0. The highest BCUT2D eigenvalue weighted by Crippen LogP contribution is 2.19. The first-order chi connectivity index (χ1) is 17.2. The largest absolute Gasteiger partial charge is 0.480 e. The second-order valence-electron chi connectivity index (χ2n) is 8.13. The number of carboxylic acid groups (broad SMARTS) is 1. The third kappa shape index (κ3) is 8.57. The number of rotatable bonds is 15. The predicted molar refractivity (Wildman–Crippen MR) is 136 cm³/mol. The molecule has 196 valence electrons. The number of thioether (sulfide) groups is 1. The van der Waals surface area contributed by atoms with Crippen LogP contribution in [0.5, 0.6) is 0 Å². The lowest BCUT2D eigenvalue weighted by Crippen LogP contribution is -2.57. The van der Waals surface area contributed by atoms with Crippen LogP contribution in [0.15, 0.2) is 30.5 Å². The molecule has 0 saturated carbocycles. The SMILES string of the molecule is CSCCC(NC(=O)C(Cc1c[nH]c2ccccc12)NC(=O)C(CCC(N)=O)NC(=O)CN)C(=O)O. The minimum Gasteiger partial charge on any atom is -0.480 e. The molecule has 0 aliphatic heterocycles. The Kier molecular flexibility index (Phi) is 11.2. The van der Waals surface area contributed by atoms with E-state index in [1.807, 2.05) is 30.5 Å². The molecule has 12 nitrogen and oxygen atoms in total. The number of aromatic nitrogens is 1. The molecule has 13 heteroatoms. The molecule has 0 fully saturated rings. The zero-order chi connectivity index (χ0) is 26.7. The highest BCUT2D eigenvalue weighted by Gasteiger charge is 2.30. The highest BCUT2D eigenvalue weighted by atomic mass is 32.2. The van der Waals surface area contributed by atoms with Gasteiger partial charge in [-0.25, -0.2) is 4.79 Å². The molecule has 36 heavy (non-hydrogen) atoms. The number of carboxylic acids is 1. The summed E-state index contributed by atoms with van der Waals surface area (Å²) < 4.78 is 0. The van der Waals surface area contributed by atoms with Gasteiger partial charge in [-0.2, -0.15) is 11.8 Å². The van der Waals surface area contributed by atoms with E-state index in [1.165, 1.54) is 11.8 Å². The molecule has 0 aliphatic carbocycles. The van der Waals surface area contributed by atoms with Crippen LogP contribution in [0.1, 0.15) is 24.8 Å². The number of H-pyrrole nitrogens is 1. The molecule has 3 atom stereocenters. The number of benzene rings is 1. The number of primary amides is 1. The van der Waals surface area contributed by atoms with Gasteiger partial charge in [-0.3, -0.25) is 19.2 Å². The molecular formula is C23H32N6O6S. The van der Waals surface area contributed by atoms with Crippen LogP contribution < -0.4 is 27.4 Å². The van der Waals surface area contributed by atoms with Gasteiger partial charge in [0.2, 0.25) is 23.6 Å². The Balaban J connectivity index is 2.30. The Morgan fingerprint density at radius 2 is 1.67 bits per heavy atom. The molecule has 2 aromatic rings. The van der Waals surface area contributed by atoms with E-state index >= 15 is 0 Å². The van der Waals surface area contributed by atoms with Crippen LogP contribution in [-0.4, -0.2) is 76.4 Å². The summed E-state index contributed by atoms with van der Waals surface area (Å²) in [5.74, 6) is -3.39. The van der Waals surface area contributed by atoms with Gasteiger partial charge in [-0.05, 0) is 36.5 Å². The van der Waals surface area contributed by atoms with Crippen molar-refractivity contribution in [1.29, 1.82) is 0 Å². The van der Waals surface area contributed by atoms with Gasteiger partial charge >= 0.3 is 5.97 Å². The maximum Gasteiger partial charge on any atom is 0.326 e. The van der Waals surface area contributed by atoms with Gasteiger partial charge < -0.3 is 37.5 Å². The van der Waals surface area contributed by atoms with E-state index in [4.69, 9.17) is 11.5 Å². The van der Waals surface area contributed by atoms with E-state index in [0.29, 0.717) is 5.75 Å². The first kappa shape index (κ1) is 28.7. The fraction of sp³-hybridized carbons (Fsp3) is 0.435. The summed E-state index contributed by atoms with van der Waals surface area (Å²) in [5, 5.41) is 17.9. The minimum absolute atomic E-state index is 0.0455. The molecule has 1 aromatic carbocycles. The van der Waals surface area contributed by atoms with Crippen molar-refractivity contribution in [2.24, 2.45) is 11.5 Å². The Morgan fingerprint density at radius 3 is 2.31 bits per heavy atom. The molecule has 4 amide bonds. The van der Waals surface area contributed by atoms with Gasteiger partial charge in [-0.1, -0.05) is 18.2 Å². The number of carbonyl (C=O) groups is 5. The van der Waals surface area contributed by atoms with Gasteiger partial charge in [0.25, 0.3) is 0 Å². The van der Waals surface area contributed by atoms with Crippen molar-refractivity contribution < 1.29 is 29.1 Å². The number of amides is 4. The second-order valence-corrected chi connectivity index (χ2v) is 9.12. The van der Waals surface area contributed by atoms with Crippen molar-refractivity contribution in [3.05, 3.63) is 36.0 Å². The number of aromatic amines is 1. The van der Waals surface area contributed by atoms with Crippen LogP contribution in [0.4, 0.5) is 0 Å². The fourth-order valence-corrected chi connectivity index (χ4v) is 4.05. The number of hydrogen-bond acceptors (Lipinski definition) is 7. The normalized spacial score (nSPS) is 13.4. The van der Waals surface area contributed by atoms with Crippen LogP contribution in [0.25, 0.3) is 10.9 Å². The number of hydrogen-bond donors (Lipinski definition) is 7. The zero-order valence-corrected chi connectivity index (χ0v) is 20.7. The summed E-state index contributed by atoms with van der Waals surface area (Å²) in [6.07, 6.45) is 3.49. The molecule has 9 N–H and O–H groups in total. The Labute approximate surface area is 212 Å². The lowest BCUT2D eigenvalue weighted by molar-refractivity contribution is -0.142. The van der Waals surface area contributed by atoms with Crippen molar-refractivity contribution in [3.8, 4) is 0 Å². The summed E-state index contributed by atoms with van der Waals surface area (Å²) in [5.41, 5.74) is 12.1. The average molecular weight is 521 g/mol. The maximum atomic E-state index is 13.2. The number of fused-ring (bicyclic) bond motifs is 1. The summed E-state index contributed by atoms with van der Waals surface area (Å²) in [6, 6.07) is 3.91. The molecule has 0 aliphatic rings. The van der Waals surface area contributed by atoms with E-state index in [1.54, 1.807) is 6.20 Å². The first-order valence-corrected chi connectivity index (χ1v) is 12.7. The fourth-order valence-electron chi connectivity index (χ4n) is 3.58. The van der Waals surface area contributed by atoms with E-state index in [2.05, 4.69) is 20.9 Å². The van der Waals surface area contributed by atoms with E-state index in [-0.39, 0.29) is 32.2 Å². The predicted octanol–water partition coefficient (Wildman–Crippen LogP) is -0.773. The van der Waals surface area contributed by atoms with Gasteiger partial charge in [0.15, 0.2) is 0 Å². The Morgan fingerprint density at radius 1 is 1.00 bits per heavy atom. The number of para-hydroxylation sites is 1. The molecule has 0 spiro atoms. The third-order valence-electron chi connectivity index (χ3n) is 5.47. The first-order valence-electron chi connectivity index (χ1n) is 11.3. The molecular weight excluding hydrogens is 488 g/mol. The summed E-state index contributed by atoms with van der Waals surface area (Å²) in [4.78, 5) is 64.1. The molecule has 0 bridgehead atoms. The topological polar surface area (TPSA) is 210 Å². The van der Waals surface area contributed by atoms with E-state index in [9.17, 15) is 29.1 Å². The highest BCUT2D eigenvalue weighted by molar-refractivity contribution is 7.98. The Hall–Kier alpha value is -3.58. The monoisotopic (exact) mass is 520 g/mol. The van der Waals surface area contributed by atoms with Crippen LogP contribution in [-0.2, 0) is 30.4 Å². The van der Waals surface area contributed by atoms with E-state index < -0.39 is 47.7 Å². The van der Waals surface area contributed by atoms with Crippen LogP contribution >= 0.6 is 11.8 Å². The molecule has 1 heterocycles. The quantitative estimate of drug-likeness (QED) is 0.158. The number of carbonyl (C=O) groups excluding carboxylic acids is 4. The van der Waals surface area contributed by atoms with Gasteiger partial charge in [-0.15, -0.1) is 0 Å². The van der Waals surface area contributed by atoms with Crippen LogP contribution in [0.2, 0.25) is 0 Å². The number of aliphatic carboxylic acids is 1. The van der Waals surface area contributed by atoms with Crippen molar-refractivity contribution in [3.63, 3.8) is 0 Å². The van der Waals surface area contributed by atoms with E-state index in [0.717, 1.165) is 16.5 Å². The lowest BCUT2D eigenvalue weighted by Gasteiger charge is -2.24. The number of nitrogens with two attached hydrogens (primary N) is 2. The molecule has 0 radical (unpaired) electrons. The van der Waals surface area contributed by atoms with Gasteiger partial charge in [0.05, 0.1) is 6.54 Å². The zero-order valence-electron chi connectivity index (χ0n) is 19.9.